The molecule has 2 aromatic heterocycles. The first-order valence-electron chi connectivity index (χ1n) is 7.18. The Hall–Kier alpha value is -1.81. The number of likely N-dealkylation sites (N-methyl/N-ethyl adjacent to an activating group) is 1. The quantitative estimate of drug-likeness (QED) is 0.876. The van der Waals surface area contributed by atoms with E-state index in [0.29, 0.717) is 0 Å². The summed E-state index contributed by atoms with van der Waals surface area (Å²) in [4.78, 5) is 13.4. The van der Waals surface area contributed by atoms with Gasteiger partial charge in [-0.1, -0.05) is 19.9 Å². The Morgan fingerprint density at radius 3 is 2.35 bits per heavy atom. The molecule has 2 aromatic rings. The molecule has 0 aliphatic rings. The van der Waals surface area contributed by atoms with Crippen LogP contribution in [0.2, 0.25) is 0 Å². The molecule has 0 radical (unpaired) electrons. The van der Waals surface area contributed by atoms with Crippen LogP contribution in [0.25, 0.3) is 0 Å². The molecule has 0 saturated carbocycles. The van der Waals surface area contributed by atoms with Gasteiger partial charge in [-0.15, -0.1) is 0 Å². The second kappa shape index (κ2) is 7.10. The van der Waals surface area contributed by atoms with Gasteiger partial charge in [0.25, 0.3) is 0 Å². The van der Waals surface area contributed by atoms with Crippen LogP contribution in [-0.2, 0) is 12.8 Å². The van der Waals surface area contributed by atoms with Gasteiger partial charge in [-0.2, -0.15) is 0 Å². The maximum atomic E-state index is 4.52. The fourth-order valence-corrected chi connectivity index (χ4v) is 2.08. The van der Waals surface area contributed by atoms with Crippen molar-refractivity contribution in [1.82, 2.24) is 20.3 Å². The van der Waals surface area contributed by atoms with Crippen LogP contribution in [0.15, 0.2) is 30.7 Å². The monoisotopic (exact) mass is 270 g/mol. The van der Waals surface area contributed by atoms with Gasteiger partial charge in [-0.05, 0) is 37.1 Å². The number of rotatable bonds is 6. The molecule has 0 aromatic carbocycles. The van der Waals surface area contributed by atoms with E-state index >= 15 is 0 Å². The van der Waals surface area contributed by atoms with Crippen molar-refractivity contribution < 1.29 is 0 Å². The van der Waals surface area contributed by atoms with Crippen molar-refractivity contribution in [3.8, 4) is 0 Å². The maximum absolute atomic E-state index is 4.52. The highest BCUT2D eigenvalue weighted by Gasteiger charge is 2.14. The molecule has 4 heteroatoms. The SMILES string of the molecule is CCNC(Cc1ccc(CC)cn1)c1ncc(C)cn1. The van der Waals surface area contributed by atoms with Gasteiger partial charge in [0.1, 0.15) is 5.82 Å². The zero-order chi connectivity index (χ0) is 14.4. The second-order valence-corrected chi connectivity index (χ2v) is 4.94. The Morgan fingerprint density at radius 1 is 1.05 bits per heavy atom. The van der Waals surface area contributed by atoms with Gasteiger partial charge in [0.15, 0.2) is 0 Å². The number of aryl methyl sites for hydroxylation is 2. The molecule has 0 fully saturated rings. The Labute approximate surface area is 120 Å². The first-order valence-corrected chi connectivity index (χ1v) is 7.18. The molecule has 1 unspecified atom stereocenters. The van der Waals surface area contributed by atoms with E-state index in [1.807, 2.05) is 25.5 Å². The summed E-state index contributed by atoms with van der Waals surface area (Å²) >= 11 is 0. The molecular weight excluding hydrogens is 248 g/mol. The van der Waals surface area contributed by atoms with E-state index in [4.69, 9.17) is 0 Å². The summed E-state index contributed by atoms with van der Waals surface area (Å²) < 4.78 is 0. The summed E-state index contributed by atoms with van der Waals surface area (Å²) in [6.45, 7) is 7.11. The molecule has 1 atom stereocenters. The average Bonchev–Trinajstić information content (AvgIpc) is 2.48. The van der Waals surface area contributed by atoms with Crippen molar-refractivity contribution in [3.63, 3.8) is 0 Å². The first kappa shape index (κ1) is 14.6. The van der Waals surface area contributed by atoms with Gasteiger partial charge in [0, 0.05) is 30.7 Å². The zero-order valence-electron chi connectivity index (χ0n) is 12.4. The minimum Gasteiger partial charge on any atom is -0.307 e. The van der Waals surface area contributed by atoms with Crippen molar-refractivity contribution in [2.75, 3.05) is 6.54 Å². The number of hydrogen-bond donors (Lipinski definition) is 1. The Kier molecular flexibility index (Phi) is 5.18. The Balaban J connectivity index is 2.13. The van der Waals surface area contributed by atoms with Gasteiger partial charge in [0.05, 0.1) is 6.04 Å². The Bertz CT molecular complexity index is 519. The highest BCUT2D eigenvalue weighted by atomic mass is 15.0. The molecular formula is C16H22N4. The highest BCUT2D eigenvalue weighted by Crippen LogP contribution is 2.14. The van der Waals surface area contributed by atoms with Gasteiger partial charge >= 0.3 is 0 Å². The maximum Gasteiger partial charge on any atom is 0.145 e. The third kappa shape index (κ3) is 3.84. The molecule has 106 valence electrons. The third-order valence-corrected chi connectivity index (χ3v) is 3.27. The topological polar surface area (TPSA) is 50.7 Å². The standard InChI is InChI=1S/C16H22N4/c1-4-13-6-7-14(18-11-13)8-15(17-5-2)16-19-9-12(3)10-20-16/h6-7,9-11,15,17H,4-5,8H2,1-3H3. The minimum atomic E-state index is 0.112. The number of nitrogens with zero attached hydrogens (tertiary/aromatic N) is 3. The number of nitrogens with one attached hydrogen (secondary N) is 1. The summed E-state index contributed by atoms with van der Waals surface area (Å²) in [5.41, 5.74) is 3.41. The molecule has 2 rings (SSSR count). The van der Waals surface area contributed by atoms with Crippen LogP contribution < -0.4 is 5.32 Å². The van der Waals surface area contributed by atoms with Crippen LogP contribution in [0.5, 0.6) is 0 Å². The second-order valence-electron chi connectivity index (χ2n) is 4.94. The van der Waals surface area contributed by atoms with E-state index in [1.54, 1.807) is 0 Å². The van der Waals surface area contributed by atoms with Crippen molar-refractivity contribution in [3.05, 3.63) is 53.4 Å². The van der Waals surface area contributed by atoms with Crippen LogP contribution in [0.1, 0.15) is 42.5 Å². The van der Waals surface area contributed by atoms with Crippen LogP contribution in [0, 0.1) is 6.92 Å². The molecule has 4 nitrogen and oxygen atoms in total. The lowest BCUT2D eigenvalue weighted by molar-refractivity contribution is 0.516. The summed E-state index contributed by atoms with van der Waals surface area (Å²) in [6, 6.07) is 4.35. The van der Waals surface area contributed by atoms with Crippen molar-refractivity contribution in [1.29, 1.82) is 0 Å². The zero-order valence-corrected chi connectivity index (χ0v) is 12.4. The summed E-state index contributed by atoms with van der Waals surface area (Å²) in [6.07, 6.45) is 7.50. The predicted molar refractivity (Wildman–Crippen MR) is 80.5 cm³/mol. The van der Waals surface area contributed by atoms with Gasteiger partial charge in [-0.3, -0.25) is 4.98 Å². The number of pyridine rings is 1. The van der Waals surface area contributed by atoms with E-state index in [0.717, 1.165) is 36.5 Å². The molecule has 2 heterocycles. The van der Waals surface area contributed by atoms with E-state index in [-0.39, 0.29) is 6.04 Å². The van der Waals surface area contributed by atoms with E-state index in [9.17, 15) is 0 Å². The molecule has 0 spiro atoms. The van der Waals surface area contributed by atoms with Crippen LogP contribution in [0.3, 0.4) is 0 Å². The molecule has 0 bridgehead atoms. The third-order valence-electron chi connectivity index (χ3n) is 3.27. The van der Waals surface area contributed by atoms with Gasteiger partial charge in [-0.25, -0.2) is 9.97 Å². The van der Waals surface area contributed by atoms with Crippen LogP contribution >= 0.6 is 0 Å². The first-order chi connectivity index (χ1) is 9.72. The lowest BCUT2D eigenvalue weighted by Crippen LogP contribution is -2.25. The molecule has 20 heavy (non-hydrogen) atoms. The number of hydrogen-bond acceptors (Lipinski definition) is 4. The molecule has 0 aliphatic carbocycles. The fraction of sp³-hybridized carbons (Fsp3) is 0.438. The molecule has 0 saturated heterocycles. The highest BCUT2D eigenvalue weighted by molar-refractivity contribution is 5.16. The normalized spacial score (nSPS) is 12.3. The fourth-order valence-electron chi connectivity index (χ4n) is 2.08. The average molecular weight is 270 g/mol. The lowest BCUT2D eigenvalue weighted by atomic mass is 10.1. The van der Waals surface area contributed by atoms with Crippen LogP contribution in [-0.4, -0.2) is 21.5 Å². The van der Waals surface area contributed by atoms with Gasteiger partial charge in [0.2, 0.25) is 0 Å². The van der Waals surface area contributed by atoms with E-state index in [2.05, 4.69) is 46.2 Å². The predicted octanol–water partition coefficient (Wildman–Crippen LogP) is 2.64. The molecule has 1 N–H and O–H groups in total. The lowest BCUT2D eigenvalue weighted by Gasteiger charge is -2.16. The van der Waals surface area contributed by atoms with Crippen LogP contribution in [0.4, 0.5) is 0 Å². The summed E-state index contributed by atoms with van der Waals surface area (Å²) in [5.74, 6) is 0.832. The summed E-state index contributed by atoms with van der Waals surface area (Å²) in [5, 5.41) is 3.43. The summed E-state index contributed by atoms with van der Waals surface area (Å²) in [7, 11) is 0. The van der Waals surface area contributed by atoms with E-state index in [1.165, 1.54) is 5.56 Å². The van der Waals surface area contributed by atoms with Gasteiger partial charge < -0.3 is 5.32 Å². The van der Waals surface area contributed by atoms with Crippen molar-refractivity contribution in [2.24, 2.45) is 0 Å². The van der Waals surface area contributed by atoms with E-state index < -0.39 is 0 Å². The van der Waals surface area contributed by atoms with Crippen molar-refractivity contribution >= 4 is 0 Å². The minimum absolute atomic E-state index is 0.112. The number of aromatic nitrogens is 3. The smallest absolute Gasteiger partial charge is 0.145 e. The molecule has 0 aliphatic heterocycles. The van der Waals surface area contributed by atoms with Crippen molar-refractivity contribution in [2.45, 2.75) is 39.7 Å². The Morgan fingerprint density at radius 2 is 1.80 bits per heavy atom. The molecule has 0 amide bonds. The largest absolute Gasteiger partial charge is 0.307 e.